The fraction of sp³-hybridized carbons (Fsp3) is 0.222. The number of aromatic nitrogens is 4. The first-order valence-corrected chi connectivity index (χ1v) is 9.03. The van der Waals surface area contributed by atoms with E-state index in [0.29, 0.717) is 33.2 Å². The average Bonchev–Trinajstić information content (AvgIpc) is 3.34. The van der Waals surface area contributed by atoms with Gasteiger partial charge in [0, 0.05) is 30.8 Å². The van der Waals surface area contributed by atoms with Crippen LogP contribution in [-0.2, 0) is 13.6 Å². The van der Waals surface area contributed by atoms with E-state index in [1.807, 2.05) is 0 Å². The highest BCUT2D eigenvalue weighted by atomic mass is 32.1. The zero-order valence-corrected chi connectivity index (χ0v) is 15.4. The standard InChI is InChI=1S/C18H16N6O2S/c1-9(25)18-22-16-15(27-18)11(6-19)14(24(16)2)17(26)20-7-10-4-3-5-13-12(10)8-21-23-13/h4,6,8-9,19,25H,7H2,1-2H3,(H,20,26)(H,21,23). The molecule has 0 fully saturated rings. The summed E-state index contributed by atoms with van der Waals surface area (Å²) in [5.41, 5.74) is 3.05. The smallest absolute Gasteiger partial charge is 0.268 e. The molecule has 0 saturated carbocycles. The van der Waals surface area contributed by atoms with Gasteiger partial charge in [-0.25, -0.2) is 4.98 Å². The molecule has 1 unspecified atom stereocenters. The number of thiazole rings is 1. The normalized spacial score (nSPS) is 12.3. The van der Waals surface area contributed by atoms with Gasteiger partial charge in [-0.1, -0.05) is 6.07 Å². The van der Waals surface area contributed by atoms with Crippen LogP contribution in [0.3, 0.4) is 0 Å². The van der Waals surface area contributed by atoms with E-state index in [9.17, 15) is 9.90 Å². The quantitative estimate of drug-likeness (QED) is 0.396. The first-order chi connectivity index (χ1) is 13.0. The number of nitrogens with one attached hydrogen (secondary N) is 3. The Bertz CT molecular complexity index is 1170. The highest BCUT2D eigenvalue weighted by Crippen LogP contribution is 2.32. The minimum atomic E-state index is -0.693. The molecule has 1 atom stereocenters. The predicted octanol–water partition coefficient (Wildman–Crippen LogP) is 2.09. The van der Waals surface area contributed by atoms with Gasteiger partial charge in [-0.2, -0.15) is 5.10 Å². The maximum Gasteiger partial charge on any atom is 0.268 e. The number of carbonyl (C=O) groups is 1. The summed E-state index contributed by atoms with van der Waals surface area (Å²) in [6.45, 7) is 1.93. The van der Waals surface area contributed by atoms with Crippen molar-refractivity contribution in [2.45, 2.75) is 19.6 Å². The molecule has 1 amide bonds. The van der Waals surface area contributed by atoms with Gasteiger partial charge in [0.05, 0.1) is 10.9 Å². The van der Waals surface area contributed by atoms with Gasteiger partial charge in [0.2, 0.25) is 0 Å². The molecule has 3 heterocycles. The molecule has 136 valence electrons. The summed E-state index contributed by atoms with van der Waals surface area (Å²) < 4.78 is 2.37. The zero-order valence-electron chi connectivity index (χ0n) is 14.6. The van der Waals surface area contributed by atoms with Crippen LogP contribution in [0.2, 0.25) is 0 Å². The van der Waals surface area contributed by atoms with Gasteiger partial charge in [0.25, 0.3) is 5.91 Å². The van der Waals surface area contributed by atoms with Crippen LogP contribution in [0, 0.1) is 17.5 Å². The first-order valence-electron chi connectivity index (χ1n) is 8.21. The van der Waals surface area contributed by atoms with Gasteiger partial charge >= 0.3 is 0 Å². The molecular formula is C18H16N6O2S. The van der Waals surface area contributed by atoms with E-state index in [0.717, 1.165) is 22.7 Å². The van der Waals surface area contributed by atoms with Gasteiger partial charge in [-0.3, -0.25) is 9.89 Å². The van der Waals surface area contributed by atoms with Gasteiger partial charge in [0.1, 0.15) is 22.3 Å². The van der Waals surface area contributed by atoms with E-state index in [4.69, 9.17) is 5.41 Å². The second kappa shape index (κ2) is 6.50. The van der Waals surface area contributed by atoms with Crippen LogP contribution in [0.25, 0.3) is 21.3 Å². The van der Waals surface area contributed by atoms with Crippen molar-refractivity contribution in [1.29, 1.82) is 5.41 Å². The molecule has 0 bridgehead atoms. The van der Waals surface area contributed by atoms with Crippen LogP contribution in [0.1, 0.15) is 39.7 Å². The molecule has 0 spiro atoms. The molecule has 0 aliphatic heterocycles. The lowest BCUT2D eigenvalue weighted by Gasteiger charge is -2.08. The molecule has 0 aliphatic carbocycles. The van der Waals surface area contributed by atoms with Crippen LogP contribution < -0.4 is 5.32 Å². The number of aromatic amines is 1. The third kappa shape index (κ3) is 2.75. The summed E-state index contributed by atoms with van der Waals surface area (Å²) in [4.78, 5) is 17.2. The fourth-order valence-electron chi connectivity index (χ4n) is 3.02. The van der Waals surface area contributed by atoms with Crippen molar-refractivity contribution < 1.29 is 9.90 Å². The Balaban J connectivity index is 1.66. The Morgan fingerprint density at radius 3 is 3.15 bits per heavy atom. The number of aryl methyl sites for hydroxylation is 1. The lowest BCUT2D eigenvalue weighted by molar-refractivity contribution is 0.0943. The van der Waals surface area contributed by atoms with E-state index in [1.54, 1.807) is 30.8 Å². The minimum absolute atomic E-state index is 0.294. The number of H-pyrrole nitrogens is 1. The summed E-state index contributed by atoms with van der Waals surface area (Å²) in [6, 6.07) is 7.59. The molecule has 0 radical (unpaired) electrons. The Morgan fingerprint density at radius 2 is 2.41 bits per heavy atom. The highest BCUT2D eigenvalue weighted by molar-refractivity contribution is 7.19. The van der Waals surface area contributed by atoms with Gasteiger partial charge < -0.3 is 20.4 Å². The van der Waals surface area contributed by atoms with Gasteiger partial charge in [-0.05, 0) is 24.6 Å². The fourth-order valence-corrected chi connectivity index (χ4v) is 4.07. The van der Waals surface area contributed by atoms with Crippen LogP contribution in [-0.4, -0.2) is 37.0 Å². The van der Waals surface area contributed by atoms with Crippen molar-refractivity contribution in [3.05, 3.63) is 46.2 Å². The summed E-state index contributed by atoms with van der Waals surface area (Å²) in [6.07, 6.45) is 2.15. The molecule has 0 saturated heterocycles. The lowest BCUT2D eigenvalue weighted by atomic mass is 10.1. The van der Waals surface area contributed by atoms with Crippen molar-refractivity contribution in [2.24, 2.45) is 7.05 Å². The Hall–Kier alpha value is -3.22. The topological polar surface area (TPSA) is 120 Å². The van der Waals surface area contributed by atoms with Crippen molar-refractivity contribution >= 4 is 44.7 Å². The van der Waals surface area contributed by atoms with Crippen LogP contribution in [0.15, 0.2) is 12.3 Å². The van der Waals surface area contributed by atoms with E-state index in [2.05, 4.69) is 32.6 Å². The van der Waals surface area contributed by atoms with Gasteiger partial charge in [-0.15, -0.1) is 11.3 Å². The van der Waals surface area contributed by atoms with Gasteiger partial charge in [0.15, 0.2) is 5.65 Å². The van der Waals surface area contributed by atoms with E-state index in [-0.39, 0.29) is 5.91 Å². The predicted molar refractivity (Wildman–Crippen MR) is 102 cm³/mol. The summed E-state index contributed by atoms with van der Waals surface area (Å²) in [7, 11) is 1.73. The first kappa shape index (κ1) is 17.2. The maximum absolute atomic E-state index is 12.8. The molecular weight excluding hydrogens is 364 g/mol. The zero-order chi connectivity index (χ0) is 19.1. The lowest BCUT2D eigenvalue weighted by Crippen LogP contribution is -2.26. The number of fused-ring (bicyclic) bond motifs is 2. The second-order valence-corrected chi connectivity index (χ2v) is 7.16. The van der Waals surface area contributed by atoms with Crippen molar-refractivity contribution in [3.8, 4) is 0 Å². The molecule has 8 nitrogen and oxygen atoms in total. The van der Waals surface area contributed by atoms with E-state index < -0.39 is 6.10 Å². The largest absolute Gasteiger partial charge is 0.386 e. The van der Waals surface area contributed by atoms with E-state index >= 15 is 0 Å². The molecule has 3 aromatic heterocycles. The number of rotatable bonds is 5. The number of aliphatic hydroxyl groups is 1. The van der Waals surface area contributed by atoms with Crippen LogP contribution >= 0.6 is 11.3 Å². The average molecular weight is 380 g/mol. The Kier molecular flexibility index (Phi) is 4.14. The number of nitrogens with zero attached hydrogens (tertiary/aromatic N) is 3. The van der Waals surface area contributed by atoms with Crippen LogP contribution in [0.4, 0.5) is 0 Å². The number of hydrogen-bond donors (Lipinski definition) is 4. The molecule has 4 rings (SSSR count). The molecule has 27 heavy (non-hydrogen) atoms. The summed E-state index contributed by atoms with van der Waals surface area (Å²) in [5, 5.41) is 28.6. The SMILES string of the molecule is CC(O)c1nc2c(s1)c(C=N)c(C(=O)NCc1cc#cc3[nH]ncc13)n2C. The number of amides is 1. The summed E-state index contributed by atoms with van der Waals surface area (Å²) in [5.74, 6) is -0.302. The highest BCUT2D eigenvalue weighted by Gasteiger charge is 2.24. The minimum Gasteiger partial charge on any atom is -0.386 e. The second-order valence-electron chi connectivity index (χ2n) is 6.13. The molecule has 4 N–H and O–H groups in total. The monoisotopic (exact) mass is 380 g/mol. The van der Waals surface area contributed by atoms with Crippen LogP contribution in [0.5, 0.6) is 0 Å². The third-order valence-corrected chi connectivity index (χ3v) is 5.61. The van der Waals surface area contributed by atoms with Crippen molar-refractivity contribution in [2.75, 3.05) is 0 Å². The van der Waals surface area contributed by atoms with Crippen molar-refractivity contribution in [3.63, 3.8) is 0 Å². The Labute approximate surface area is 158 Å². The maximum atomic E-state index is 12.8. The summed E-state index contributed by atoms with van der Waals surface area (Å²) >= 11 is 1.29. The number of carbonyl (C=O) groups excluding carboxylic acids is 1. The number of hydrogen-bond acceptors (Lipinski definition) is 6. The molecule has 4 aromatic rings. The molecule has 9 heteroatoms. The third-order valence-electron chi connectivity index (χ3n) is 4.36. The number of aliphatic hydroxyl groups excluding tert-OH is 1. The van der Waals surface area contributed by atoms with Crippen molar-refractivity contribution in [1.82, 2.24) is 25.1 Å². The Morgan fingerprint density at radius 1 is 1.59 bits per heavy atom. The molecule has 1 aromatic carbocycles. The van der Waals surface area contributed by atoms with E-state index in [1.165, 1.54) is 11.3 Å². The molecule has 0 aliphatic rings.